The van der Waals surface area contributed by atoms with Crippen LogP contribution in [0.15, 0.2) is 60.7 Å². The SMILES string of the molecule is COCCNc1cc(NCc2ccc(C)cc2)nc(-c2ccccc2)n1. The lowest BCUT2D eigenvalue weighted by atomic mass is 10.1. The van der Waals surface area contributed by atoms with E-state index < -0.39 is 0 Å². The summed E-state index contributed by atoms with van der Waals surface area (Å²) in [6.45, 7) is 4.12. The van der Waals surface area contributed by atoms with Crippen LogP contribution in [-0.2, 0) is 11.3 Å². The van der Waals surface area contributed by atoms with E-state index in [1.807, 2.05) is 36.4 Å². The van der Waals surface area contributed by atoms with Crippen LogP contribution >= 0.6 is 0 Å². The van der Waals surface area contributed by atoms with Gasteiger partial charge in [-0.25, -0.2) is 9.97 Å². The van der Waals surface area contributed by atoms with E-state index in [0.29, 0.717) is 25.5 Å². The Morgan fingerprint density at radius 3 is 2.27 bits per heavy atom. The van der Waals surface area contributed by atoms with E-state index in [1.165, 1.54) is 11.1 Å². The molecule has 26 heavy (non-hydrogen) atoms. The van der Waals surface area contributed by atoms with Gasteiger partial charge in [0.1, 0.15) is 11.6 Å². The minimum Gasteiger partial charge on any atom is -0.383 e. The number of nitrogens with zero attached hydrogens (tertiary/aromatic N) is 2. The molecule has 0 amide bonds. The molecule has 2 aromatic carbocycles. The molecule has 1 heterocycles. The number of methoxy groups -OCH3 is 1. The van der Waals surface area contributed by atoms with Crippen LogP contribution in [0.25, 0.3) is 11.4 Å². The standard InChI is InChI=1S/C21H24N4O/c1-16-8-10-17(11-9-16)15-23-20-14-19(22-12-13-26-2)24-21(25-20)18-6-4-3-5-7-18/h3-11,14H,12-13,15H2,1-2H3,(H2,22,23,24,25). The Hall–Kier alpha value is -2.92. The molecule has 0 aliphatic rings. The highest BCUT2D eigenvalue weighted by molar-refractivity contribution is 5.61. The van der Waals surface area contributed by atoms with Crippen molar-refractivity contribution in [3.8, 4) is 11.4 Å². The van der Waals surface area contributed by atoms with Gasteiger partial charge >= 0.3 is 0 Å². The van der Waals surface area contributed by atoms with Gasteiger partial charge in [0.2, 0.25) is 0 Å². The third-order valence-electron chi connectivity index (χ3n) is 3.96. The van der Waals surface area contributed by atoms with E-state index in [2.05, 4.69) is 51.8 Å². The number of hydrogen-bond acceptors (Lipinski definition) is 5. The van der Waals surface area contributed by atoms with Crippen LogP contribution in [0, 0.1) is 6.92 Å². The molecule has 3 rings (SSSR count). The van der Waals surface area contributed by atoms with Gasteiger partial charge in [-0.1, -0.05) is 60.2 Å². The highest BCUT2D eigenvalue weighted by Crippen LogP contribution is 2.20. The molecule has 0 radical (unpaired) electrons. The summed E-state index contributed by atoms with van der Waals surface area (Å²) in [6.07, 6.45) is 0. The van der Waals surface area contributed by atoms with Gasteiger partial charge in [-0.3, -0.25) is 0 Å². The molecular weight excluding hydrogens is 324 g/mol. The van der Waals surface area contributed by atoms with Crippen LogP contribution in [0.2, 0.25) is 0 Å². The Kier molecular flexibility index (Phi) is 6.17. The van der Waals surface area contributed by atoms with Crippen molar-refractivity contribution >= 4 is 11.6 Å². The van der Waals surface area contributed by atoms with E-state index in [1.54, 1.807) is 7.11 Å². The second-order valence-corrected chi connectivity index (χ2v) is 6.09. The van der Waals surface area contributed by atoms with Gasteiger partial charge in [0.25, 0.3) is 0 Å². The molecule has 5 heteroatoms. The molecular formula is C21H24N4O. The maximum absolute atomic E-state index is 5.10. The second kappa shape index (κ2) is 8.97. The topological polar surface area (TPSA) is 59.1 Å². The molecule has 0 saturated carbocycles. The van der Waals surface area contributed by atoms with Gasteiger partial charge in [0.15, 0.2) is 5.82 Å². The second-order valence-electron chi connectivity index (χ2n) is 6.09. The molecule has 0 spiro atoms. The van der Waals surface area contributed by atoms with Crippen LogP contribution in [0.3, 0.4) is 0 Å². The Labute approximate surface area is 154 Å². The molecule has 0 unspecified atom stereocenters. The molecule has 0 fully saturated rings. The van der Waals surface area contributed by atoms with Crippen LogP contribution < -0.4 is 10.6 Å². The van der Waals surface area contributed by atoms with E-state index in [4.69, 9.17) is 4.74 Å². The molecule has 5 nitrogen and oxygen atoms in total. The van der Waals surface area contributed by atoms with Crippen LogP contribution in [0.1, 0.15) is 11.1 Å². The number of aryl methyl sites for hydroxylation is 1. The van der Waals surface area contributed by atoms with E-state index in [-0.39, 0.29) is 0 Å². The molecule has 0 aliphatic heterocycles. The van der Waals surface area contributed by atoms with Crippen LogP contribution in [0.4, 0.5) is 11.6 Å². The van der Waals surface area contributed by atoms with Crippen molar-refractivity contribution in [2.75, 3.05) is 30.9 Å². The maximum atomic E-state index is 5.10. The van der Waals surface area contributed by atoms with Crippen molar-refractivity contribution in [2.45, 2.75) is 13.5 Å². The van der Waals surface area contributed by atoms with Crippen LogP contribution in [-0.4, -0.2) is 30.2 Å². The summed E-state index contributed by atoms with van der Waals surface area (Å²) < 4.78 is 5.10. The molecule has 0 bridgehead atoms. The zero-order valence-corrected chi connectivity index (χ0v) is 15.2. The lowest BCUT2D eigenvalue weighted by Gasteiger charge is -2.12. The minimum absolute atomic E-state index is 0.622. The van der Waals surface area contributed by atoms with Crippen molar-refractivity contribution in [1.29, 1.82) is 0 Å². The Balaban J connectivity index is 1.80. The molecule has 2 N–H and O–H groups in total. The number of benzene rings is 2. The summed E-state index contributed by atoms with van der Waals surface area (Å²) in [6, 6.07) is 20.4. The highest BCUT2D eigenvalue weighted by atomic mass is 16.5. The van der Waals surface area contributed by atoms with Crippen molar-refractivity contribution < 1.29 is 4.74 Å². The summed E-state index contributed by atoms with van der Waals surface area (Å²) in [5.74, 6) is 2.26. The third kappa shape index (κ3) is 5.04. The van der Waals surface area contributed by atoms with Gasteiger partial charge in [0, 0.05) is 31.8 Å². The smallest absolute Gasteiger partial charge is 0.163 e. The van der Waals surface area contributed by atoms with Crippen molar-refractivity contribution in [1.82, 2.24) is 9.97 Å². The van der Waals surface area contributed by atoms with Crippen molar-refractivity contribution in [3.05, 3.63) is 71.8 Å². The Bertz CT molecular complexity index is 819. The average Bonchev–Trinajstić information content (AvgIpc) is 2.68. The summed E-state index contributed by atoms with van der Waals surface area (Å²) in [7, 11) is 1.69. The van der Waals surface area contributed by atoms with Gasteiger partial charge in [0.05, 0.1) is 6.61 Å². The highest BCUT2D eigenvalue weighted by Gasteiger charge is 2.07. The molecule has 3 aromatic rings. The minimum atomic E-state index is 0.622. The first-order valence-corrected chi connectivity index (χ1v) is 8.71. The Morgan fingerprint density at radius 2 is 1.58 bits per heavy atom. The molecule has 0 atom stereocenters. The molecule has 0 aliphatic carbocycles. The third-order valence-corrected chi connectivity index (χ3v) is 3.96. The number of aromatic nitrogens is 2. The van der Waals surface area contributed by atoms with Gasteiger partial charge in [-0.15, -0.1) is 0 Å². The predicted octanol–water partition coefficient (Wildman–Crippen LogP) is 4.12. The first-order valence-electron chi connectivity index (χ1n) is 8.71. The van der Waals surface area contributed by atoms with Gasteiger partial charge < -0.3 is 15.4 Å². The van der Waals surface area contributed by atoms with E-state index in [9.17, 15) is 0 Å². The van der Waals surface area contributed by atoms with Crippen molar-refractivity contribution in [2.24, 2.45) is 0 Å². The van der Waals surface area contributed by atoms with Crippen LogP contribution in [0.5, 0.6) is 0 Å². The largest absolute Gasteiger partial charge is 0.383 e. The predicted molar refractivity (Wildman–Crippen MR) is 106 cm³/mol. The summed E-state index contributed by atoms with van der Waals surface area (Å²) in [5.41, 5.74) is 3.46. The summed E-state index contributed by atoms with van der Waals surface area (Å²) >= 11 is 0. The lowest BCUT2D eigenvalue weighted by Crippen LogP contribution is -2.11. The number of nitrogens with one attached hydrogen (secondary N) is 2. The normalized spacial score (nSPS) is 10.5. The molecule has 134 valence electrons. The fourth-order valence-electron chi connectivity index (χ4n) is 2.52. The fourth-order valence-corrected chi connectivity index (χ4v) is 2.52. The number of ether oxygens (including phenoxy) is 1. The van der Waals surface area contributed by atoms with E-state index >= 15 is 0 Å². The first-order chi connectivity index (χ1) is 12.7. The summed E-state index contributed by atoms with van der Waals surface area (Å²) in [5, 5.41) is 6.68. The Morgan fingerprint density at radius 1 is 0.885 bits per heavy atom. The summed E-state index contributed by atoms with van der Waals surface area (Å²) in [4.78, 5) is 9.30. The average molecular weight is 348 g/mol. The first kappa shape index (κ1) is 17.9. The number of anilines is 2. The number of rotatable bonds is 8. The fraction of sp³-hybridized carbons (Fsp3) is 0.238. The zero-order valence-electron chi connectivity index (χ0n) is 15.2. The monoisotopic (exact) mass is 348 g/mol. The van der Waals surface area contributed by atoms with Gasteiger partial charge in [-0.05, 0) is 12.5 Å². The number of hydrogen-bond donors (Lipinski definition) is 2. The maximum Gasteiger partial charge on any atom is 0.163 e. The molecule has 0 saturated heterocycles. The zero-order chi connectivity index (χ0) is 18.2. The quantitative estimate of drug-likeness (QED) is 0.600. The molecule has 1 aromatic heterocycles. The van der Waals surface area contributed by atoms with Gasteiger partial charge in [-0.2, -0.15) is 0 Å². The lowest BCUT2D eigenvalue weighted by molar-refractivity contribution is 0.210. The van der Waals surface area contributed by atoms with Crippen molar-refractivity contribution in [3.63, 3.8) is 0 Å². The van der Waals surface area contributed by atoms with E-state index in [0.717, 1.165) is 17.2 Å².